The van der Waals surface area contributed by atoms with E-state index in [0.29, 0.717) is 30.8 Å². The van der Waals surface area contributed by atoms with Gasteiger partial charge in [0, 0.05) is 32.3 Å². The molecular weight excluding hydrogens is 304 g/mol. The average molecular weight is 324 g/mol. The van der Waals surface area contributed by atoms with Gasteiger partial charge in [-0.25, -0.2) is 9.97 Å². The number of nitrogens with zero attached hydrogens (tertiary/aromatic N) is 5. The fourth-order valence-corrected chi connectivity index (χ4v) is 4.26. The summed E-state index contributed by atoms with van der Waals surface area (Å²) in [6.45, 7) is 0.920. The van der Waals surface area contributed by atoms with Crippen LogP contribution in [0.4, 0.5) is 5.82 Å². The van der Waals surface area contributed by atoms with E-state index in [0.717, 1.165) is 29.7 Å². The second kappa shape index (κ2) is 5.78. The van der Waals surface area contributed by atoms with Crippen molar-refractivity contribution in [1.82, 2.24) is 19.9 Å². The van der Waals surface area contributed by atoms with Gasteiger partial charge in [0.25, 0.3) is 0 Å². The Kier molecular flexibility index (Phi) is 3.60. The molecule has 2 aliphatic rings. The number of hydrogen-bond acceptors (Lipinski definition) is 5. The number of piperidine rings is 1. The Balaban J connectivity index is 1.54. The predicted octanol–water partition coefficient (Wildman–Crippen LogP) is 1.54. The van der Waals surface area contributed by atoms with Crippen molar-refractivity contribution in [3.8, 4) is 6.07 Å². The normalized spacial score (nSPS) is 26.4. The molecule has 0 radical (unpaired) electrons. The zero-order valence-electron chi connectivity index (χ0n) is 13.6. The summed E-state index contributed by atoms with van der Waals surface area (Å²) in [4.78, 5) is 27.9. The summed E-state index contributed by atoms with van der Waals surface area (Å²) in [5, 5.41) is 9.90. The molecule has 2 aromatic rings. The third kappa shape index (κ3) is 2.39. The van der Waals surface area contributed by atoms with Crippen LogP contribution in [0.5, 0.6) is 0 Å². The van der Waals surface area contributed by atoms with Crippen molar-refractivity contribution in [1.29, 1.82) is 5.26 Å². The van der Waals surface area contributed by atoms with E-state index in [-0.39, 0.29) is 12.5 Å². The quantitative estimate of drug-likeness (QED) is 0.865. The molecule has 0 spiro atoms. The zero-order chi connectivity index (χ0) is 16.7. The first kappa shape index (κ1) is 14.9. The summed E-state index contributed by atoms with van der Waals surface area (Å²) in [6, 6.07) is 4.46. The Morgan fingerprint density at radius 3 is 3.08 bits per heavy atom. The number of likely N-dealkylation sites (tertiary alicyclic amines) is 1. The highest BCUT2D eigenvalue weighted by Crippen LogP contribution is 2.41. The van der Waals surface area contributed by atoms with Gasteiger partial charge in [0.05, 0.1) is 11.5 Å². The lowest BCUT2D eigenvalue weighted by Crippen LogP contribution is -2.42. The lowest BCUT2D eigenvalue weighted by Gasteiger charge is -2.33. The SMILES string of the molecule is CN(c1ncnc2[nH]ccc12)[C@H]1CC2CC(=O)N(CC#N)CC2C1. The van der Waals surface area contributed by atoms with E-state index in [1.54, 1.807) is 11.2 Å². The molecule has 2 unspecified atom stereocenters. The van der Waals surface area contributed by atoms with E-state index in [1.807, 2.05) is 12.3 Å². The smallest absolute Gasteiger partial charge is 0.223 e. The Bertz CT molecular complexity index is 809. The fraction of sp³-hybridized carbons (Fsp3) is 0.529. The predicted molar refractivity (Wildman–Crippen MR) is 89.1 cm³/mol. The highest BCUT2D eigenvalue weighted by molar-refractivity contribution is 5.87. The molecule has 1 N–H and O–H groups in total. The molecule has 1 aliphatic carbocycles. The van der Waals surface area contributed by atoms with Crippen LogP contribution in [0.25, 0.3) is 11.0 Å². The summed E-state index contributed by atoms with van der Waals surface area (Å²) < 4.78 is 0. The summed E-state index contributed by atoms with van der Waals surface area (Å²) in [7, 11) is 2.08. The van der Waals surface area contributed by atoms with Crippen LogP contribution >= 0.6 is 0 Å². The van der Waals surface area contributed by atoms with Crippen molar-refractivity contribution >= 4 is 22.8 Å². The van der Waals surface area contributed by atoms with Crippen molar-refractivity contribution in [3.63, 3.8) is 0 Å². The molecule has 4 rings (SSSR count). The van der Waals surface area contributed by atoms with E-state index in [2.05, 4.69) is 33.0 Å². The van der Waals surface area contributed by atoms with Gasteiger partial charge in [0.1, 0.15) is 24.3 Å². The molecule has 2 fully saturated rings. The lowest BCUT2D eigenvalue weighted by molar-refractivity contribution is -0.135. The molecule has 124 valence electrons. The molecule has 7 nitrogen and oxygen atoms in total. The largest absolute Gasteiger partial charge is 0.356 e. The number of amides is 1. The molecule has 0 aromatic carbocycles. The van der Waals surface area contributed by atoms with Crippen LogP contribution in [0.15, 0.2) is 18.6 Å². The molecule has 1 saturated heterocycles. The Morgan fingerprint density at radius 1 is 1.42 bits per heavy atom. The minimum absolute atomic E-state index is 0.121. The first-order valence-electron chi connectivity index (χ1n) is 8.33. The third-order valence-corrected chi connectivity index (χ3v) is 5.54. The number of aromatic nitrogens is 3. The number of hydrogen-bond donors (Lipinski definition) is 1. The van der Waals surface area contributed by atoms with Gasteiger partial charge in [0.2, 0.25) is 5.91 Å². The summed E-state index contributed by atoms with van der Waals surface area (Å²) >= 11 is 0. The van der Waals surface area contributed by atoms with E-state index in [9.17, 15) is 4.79 Å². The van der Waals surface area contributed by atoms with Crippen LogP contribution in [-0.2, 0) is 4.79 Å². The molecule has 7 heteroatoms. The maximum absolute atomic E-state index is 12.1. The highest BCUT2D eigenvalue weighted by atomic mass is 16.2. The molecule has 1 saturated carbocycles. The highest BCUT2D eigenvalue weighted by Gasteiger charge is 2.42. The van der Waals surface area contributed by atoms with Crippen molar-refractivity contribution in [2.24, 2.45) is 11.8 Å². The minimum atomic E-state index is 0.121. The molecule has 2 aromatic heterocycles. The van der Waals surface area contributed by atoms with Crippen LogP contribution in [0.3, 0.4) is 0 Å². The Labute approximate surface area is 140 Å². The van der Waals surface area contributed by atoms with Crippen LogP contribution in [0, 0.1) is 23.2 Å². The van der Waals surface area contributed by atoms with Crippen LogP contribution < -0.4 is 4.90 Å². The van der Waals surface area contributed by atoms with Crippen LogP contribution in [0.2, 0.25) is 0 Å². The van der Waals surface area contributed by atoms with Gasteiger partial charge in [-0.15, -0.1) is 0 Å². The molecule has 1 amide bonds. The van der Waals surface area contributed by atoms with Crippen LogP contribution in [-0.4, -0.2) is 51.9 Å². The monoisotopic (exact) mass is 324 g/mol. The number of carbonyl (C=O) groups excluding carboxylic acids is 1. The van der Waals surface area contributed by atoms with Gasteiger partial charge >= 0.3 is 0 Å². The Morgan fingerprint density at radius 2 is 2.25 bits per heavy atom. The zero-order valence-corrected chi connectivity index (χ0v) is 13.6. The van der Waals surface area contributed by atoms with Gasteiger partial charge in [-0.1, -0.05) is 0 Å². The lowest BCUT2D eigenvalue weighted by atomic mass is 9.88. The van der Waals surface area contributed by atoms with Gasteiger partial charge in [0.15, 0.2) is 0 Å². The molecule has 1 aliphatic heterocycles. The van der Waals surface area contributed by atoms with Gasteiger partial charge < -0.3 is 14.8 Å². The molecule has 0 bridgehead atoms. The third-order valence-electron chi connectivity index (χ3n) is 5.54. The molecule has 3 heterocycles. The van der Waals surface area contributed by atoms with Gasteiger partial charge in [-0.05, 0) is 30.7 Å². The first-order chi connectivity index (χ1) is 11.7. The average Bonchev–Trinajstić information content (AvgIpc) is 3.20. The maximum Gasteiger partial charge on any atom is 0.223 e. The number of aromatic amines is 1. The second-order valence-electron chi connectivity index (χ2n) is 6.83. The number of nitriles is 1. The van der Waals surface area contributed by atoms with E-state index >= 15 is 0 Å². The van der Waals surface area contributed by atoms with Gasteiger partial charge in [-0.2, -0.15) is 5.26 Å². The van der Waals surface area contributed by atoms with Crippen molar-refractivity contribution in [3.05, 3.63) is 18.6 Å². The summed E-state index contributed by atoms with van der Waals surface area (Å²) in [6.07, 6.45) is 6.07. The summed E-state index contributed by atoms with van der Waals surface area (Å²) in [5.74, 6) is 1.96. The standard InChI is InChI=1S/C17H20N6O/c1-22(17-14-2-4-19-16(14)20-10-21-17)13-6-11-8-15(24)23(5-3-18)9-12(11)7-13/h2,4,10-13H,5-9H2,1H3,(H,19,20,21)/t11?,12?,13-/m0/s1. The number of nitrogens with one attached hydrogen (secondary N) is 1. The Hall–Kier alpha value is -2.62. The second-order valence-corrected chi connectivity index (χ2v) is 6.83. The topological polar surface area (TPSA) is 88.9 Å². The number of rotatable bonds is 3. The molecule has 3 atom stereocenters. The van der Waals surface area contributed by atoms with E-state index in [4.69, 9.17) is 5.26 Å². The van der Waals surface area contributed by atoms with E-state index in [1.165, 1.54) is 0 Å². The van der Waals surface area contributed by atoms with E-state index < -0.39 is 0 Å². The fourth-order valence-electron chi connectivity index (χ4n) is 4.26. The maximum atomic E-state index is 12.1. The molecular formula is C17H20N6O. The van der Waals surface area contributed by atoms with Crippen molar-refractivity contribution < 1.29 is 4.79 Å². The minimum Gasteiger partial charge on any atom is -0.356 e. The summed E-state index contributed by atoms with van der Waals surface area (Å²) in [5.41, 5.74) is 0.845. The molecule has 24 heavy (non-hydrogen) atoms. The van der Waals surface area contributed by atoms with Gasteiger partial charge in [-0.3, -0.25) is 4.79 Å². The first-order valence-corrected chi connectivity index (χ1v) is 8.33. The number of anilines is 1. The van der Waals surface area contributed by atoms with Crippen molar-refractivity contribution in [2.75, 3.05) is 25.0 Å². The van der Waals surface area contributed by atoms with Crippen LogP contribution in [0.1, 0.15) is 19.3 Å². The van der Waals surface area contributed by atoms with Crippen molar-refractivity contribution in [2.45, 2.75) is 25.3 Å². The number of carbonyl (C=O) groups is 1. The number of H-pyrrole nitrogens is 1. The number of fused-ring (bicyclic) bond motifs is 2.